The first-order chi connectivity index (χ1) is 24.1. The zero-order valence-electron chi connectivity index (χ0n) is 26.6. The minimum Gasteiger partial charge on any atom is -0.492 e. The van der Waals surface area contributed by atoms with Crippen LogP contribution < -0.4 is 10.1 Å². The van der Waals surface area contributed by atoms with Crippen molar-refractivity contribution >= 4 is 33.7 Å². The number of likely N-dealkylation sites (tertiary alicyclic amines) is 1. The number of hydrogen-bond donors (Lipinski definition) is 3. The molecule has 11 heteroatoms. The molecule has 1 fully saturated rings. The number of benzene rings is 2. The second kappa shape index (κ2) is 13.3. The Kier molecular flexibility index (Phi) is 8.24. The van der Waals surface area contributed by atoms with Crippen molar-refractivity contribution in [2.24, 2.45) is 0 Å². The van der Waals surface area contributed by atoms with E-state index in [1.807, 2.05) is 60.7 Å². The summed E-state index contributed by atoms with van der Waals surface area (Å²) in [4.78, 5) is 32.0. The molecule has 5 aromatic heterocycles. The Hall–Kier alpha value is -5.94. The van der Waals surface area contributed by atoms with Crippen molar-refractivity contribution in [1.29, 1.82) is 0 Å². The van der Waals surface area contributed by atoms with Gasteiger partial charge in [-0.15, -0.1) is 0 Å². The van der Waals surface area contributed by atoms with Crippen LogP contribution in [0, 0.1) is 5.82 Å². The van der Waals surface area contributed by atoms with Gasteiger partial charge in [-0.2, -0.15) is 5.10 Å². The second-order valence-electron chi connectivity index (χ2n) is 12.2. The lowest BCUT2D eigenvalue weighted by atomic mass is 10.0. The molecule has 2 aromatic carbocycles. The fourth-order valence-electron chi connectivity index (χ4n) is 6.43. The SMILES string of the molecule is O=C(Cc1ccccc1)Nc1cncc(-c2cnc3n[nH]c(-c4cc5c(-c6cc(F)cc(OCCN7CCCC7)c6)ccnc5[nH]4)c3c2)c1. The fraction of sp³-hybridized carbons (Fsp3) is 0.184. The Bertz CT molecular complexity index is 2280. The number of nitrogens with zero attached hydrogens (tertiary/aromatic N) is 5. The number of aromatic amines is 2. The first-order valence-corrected chi connectivity index (χ1v) is 16.3. The highest BCUT2D eigenvalue weighted by Crippen LogP contribution is 2.35. The van der Waals surface area contributed by atoms with Gasteiger partial charge in [0, 0.05) is 53.1 Å². The van der Waals surface area contributed by atoms with Crippen LogP contribution >= 0.6 is 0 Å². The third-order valence-electron chi connectivity index (χ3n) is 8.83. The number of amides is 1. The number of rotatable bonds is 10. The van der Waals surface area contributed by atoms with E-state index < -0.39 is 0 Å². The van der Waals surface area contributed by atoms with Crippen molar-refractivity contribution in [3.05, 3.63) is 109 Å². The monoisotopic (exact) mass is 652 g/mol. The van der Waals surface area contributed by atoms with Crippen molar-refractivity contribution < 1.29 is 13.9 Å². The molecule has 10 nitrogen and oxygen atoms in total. The maximum Gasteiger partial charge on any atom is 0.228 e. The van der Waals surface area contributed by atoms with Crippen LogP contribution in [0.15, 0.2) is 97.6 Å². The van der Waals surface area contributed by atoms with Crippen molar-refractivity contribution in [2.75, 3.05) is 31.6 Å². The van der Waals surface area contributed by atoms with E-state index >= 15 is 0 Å². The molecule has 1 aliphatic rings. The van der Waals surface area contributed by atoms with E-state index in [9.17, 15) is 9.18 Å². The molecule has 0 unspecified atom stereocenters. The van der Waals surface area contributed by atoms with Gasteiger partial charge in [0.25, 0.3) is 0 Å². The molecule has 0 saturated carbocycles. The van der Waals surface area contributed by atoms with E-state index in [0.717, 1.165) is 64.0 Å². The normalized spacial score (nSPS) is 13.3. The summed E-state index contributed by atoms with van der Waals surface area (Å²) < 4.78 is 20.8. The van der Waals surface area contributed by atoms with Gasteiger partial charge in [0.2, 0.25) is 5.91 Å². The number of nitrogens with one attached hydrogen (secondary N) is 3. The molecule has 0 atom stereocenters. The smallest absolute Gasteiger partial charge is 0.228 e. The molecule has 1 saturated heterocycles. The third kappa shape index (κ3) is 6.61. The lowest BCUT2D eigenvalue weighted by Crippen LogP contribution is -2.25. The molecule has 49 heavy (non-hydrogen) atoms. The van der Waals surface area contributed by atoms with Crippen LogP contribution in [0.3, 0.4) is 0 Å². The van der Waals surface area contributed by atoms with Gasteiger partial charge in [-0.25, -0.2) is 14.4 Å². The summed E-state index contributed by atoms with van der Waals surface area (Å²) in [5.74, 6) is 0.0198. The zero-order valence-corrected chi connectivity index (χ0v) is 26.6. The van der Waals surface area contributed by atoms with E-state index in [2.05, 4.69) is 40.3 Å². The Morgan fingerprint density at radius 3 is 2.63 bits per heavy atom. The summed E-state index contributed by atoms with van der Waals surface area (Å²) >= 11 is 0. The molecule has 244 valence electrons. The first kappa shape index (κ1) is 30.4. The molecule has 6 heterocycles. The van der Waals surface area contributed by atoms with Gasteiger partial charge in [-0.05, 0) is 79.0 Å². The largest absolute Gasteiger partial charge is 0.492 e. The summed E-state index contributed by atoms with van der Waals surface area (Å²) in [6.07, 6.45) is 9.51. The van der Waals surface area contributed by atoms with Gasteiger partial charge in [0.1, 0.15) is 23.8 Å². The highest BCUT2D eigenvalue weighted by Gasteiger charge is 2.17. The molecule has 3 N–H and O–H groups in total. The maximum atomic E-state index is 14.8. The van der Waals surface area contributed by atoms with Gasteiger partial charge >= 0.3 is 0 Å². The minimum absolute atomic E-state index is 0.123. The van der Waals surface area contributed by atoms with Crippen LogP contribution in [0.25, 0.3) is 55.7 Å². The van der Waals surface area contributed by atoms with Crippen LogP contribution in [-0.2, 0) is 11.2 Å². The van der Waals surface area contributed by atoms with Gasteiger partial charge in [-0.3, -0.25) is 19.8 Å². The number of anilines is 1. The average Bonchev–Trinajstić information content (AvgIpc) is 3.88. The Morgan fingerprint density at radius 2 is 1.76 bits per heavy atom. The van der Waals surface area contributed by atoms with Crippen molar-refractivity contribution in [1.82, 2.24) is 35.0 Å². The molecule has 0 radical (unpaired) electrons. The van der Waals surface area contributed by atoms with Gasteiger partial charge < -0.3 is 15.0 Å². The molecule has 0 spiro atoms. The van der Waals surface area contributed by atoms with Gasteiger partial charge in [-0.1, -0.05) is 30.3 Å². The van der Waals surface area contributed by atoms with Crippen LogP contribution in [0.1, 0.15) is 18.4 Å². The molecular formula is C38H33FN8O2. The number of halogens is 1. The molecular weight excluding hydrogens is 619 g/mol. The Labute approximate surface area is 281 Å². The molecule has 0 bridgehead atoms. The summed E-state index contributed by atoms with van der Waals surface area (Å²) in [5, 5.41) is 12.1. The lowest BCUT2D eigenvalue weighted by molar-refractivity contribution is -0.115. The number of hydrogen-bond acceptors (Lipinski definition) is 7. The molecule has 7 aromatic rings. The summed E-state index contributed by atoms with van der Waals surface area (Å²) in [6, 6.07) is 22.2. The molecule has 1 amide bonds. The highest BCUT2D eigenvalue weighted by atomic mass is 19.1. The molecule has 8 rings (SSSR count). The van der Waals surface area contributed by atoms with E-state index in [4.69, 9.17) is 4.74 Å². The van der Waals surface area contributed by atoms with E-state index in [-0.39, 0.29) is 18.1 Å². The lowest BCUT2D eigenvalue weighted by Gasteiger charge is -2.15. The Balaban J connectivity index is 1.06. The first-order valence-electron chi connectivity index (χ1n) is 16.3. The summed E-state index contributed by atoms with van der Waals surface area (Å²) in [7, 11) is 0. The van der Waals surface area contributed by atoms with Crippen LogP contribution in [0.4, 0.5) is 10.1 Å². The van der Waals surface area contributed by atoms with E-state index in [1.54, 1.807) is 24.8 Å². The zero-order chi connectivity index (χ0) is 33.2. The number of ether oxygens (including phenoxy) is 1. The number of fused-ring (bicyclic) bond motifs is 2. The van der Waals surface area contributed by atoms with Gasteiger partial charge in [0.15, 0.2) is 5.65 Å². The van der Waals surface area contributed by atoms with Crippen LogP contribution in [0.5, 0.6) is 5.75 Å². The van der Waals surface area contributed by atoms with Crippen molar-refractivity contribution in [2.45, 2.75) is 19.3 Å². The van der Waals surface area contributed by atoms with Crippen LogP contribution in [0.2, 0.25) is 0 Å². The maximum absolute atomic E-state index is 14.8. The number of pyridine rings is 3. The number of aromatic nitrogens is 6. The number of carbonyl (C=O) groups excluding carboxylic acids is 1. The second-order valence-corrected chi connectivity index (χ2v) is 12.2. The highest BCUT2D eigenvalue weighted by molar-refractivity contribution is 6.00. The predicted molar refractivity (Wildman–Crippen MR) is 188 cm³/mol. The fourth-order valence-corrected chi connectivity index (χ4v) is 6.43. The molecule has 1 aliphatic heterocycles. The van der Waals surface area contributed by atoms with Crippen molar-refractivity contribution in [3.63, 3.8) is 0 Å². The average molecular weight is 653 g/mol. The standard InChI is InChI=1S/C38H33FN8O2/c39-28-15-25(17-30(19-28)49-13-12-47-10-4-5-11-47)31-8-9-41-37-32(31)20-34(44-37)36-33-18-27(22-42-38(33)46-45-36)26-16-29(23-40-21-26)43-35(48)14-24-6-2-1-3-7-24/h1-3,6-9,15-23H,4-5,10-14H2,(H,41,44)(H,43,48)(H,42,45,46). The summed E-state index contributed by atoms with van der Waals surface area (Å²) in [5.41, 5.74) is 7.37. The van der Waals surface area contributed by atoms with Crippen LogP contribution in [-0.4, -0.2) is 67.2 Å². The third-order valence-corrected chi connectivity index (χ3v) is 8.83. The van der Waals surface area contributed by atoms with E-state index in [1.165, 1.54) is 25.0 Å². The minimum atomic E-state index is -0.359. The van der Waals surface area contributed by atoms with E-state index in [0.29, 0.717) is 34.9 Å². The van der Waals surface area contributed by atoms with Gasteiger partial charge in [0.05, 0.1) is 29.7 Å². The number of carbonyl (C=O) groups is 1. The predicted octanol–water partition coefficient (Wildman–Crippen LogP) is 7.03. The summed E-state index contributed by atoms with van der Waals surface area (Å²) in [6.45, 7) is 3.51. The Morgan fingerprint density at radius 1 is 0.898 bits per heavy atom. The number of H-pyrrole nitrogens is 2. The quantitative estimate of drug-likeness (QED) is 0.145. The topological polar surface area (TPSA) is 125 Å². The molecule has 0 aliphatic carbocycles. The van der Waals surface area contributed by atoms with Crippen molar-refractivity contribution in [3.8, 4) is 39.4 Å².